The number of hydrogen-bond acceptors (Lipinski definition) is 5. The summed E-state index contributed by atoms with van der Waals surface area (Å²) in [6.45, 7) is 6.03. The Morgan fingerprint density at radius 1 is 1.43 bits per heavy atom. The van der Waals surface area contributed by atoms with Gasteiger partial charge in [-0.1, -0.05) is 20.3 Å². The summed E-state index contributed by atoms with van der Waals surface area (Å²) < 4.78 is 5.08. The fourth-order valence-corrected chi connectivity index (χ4v) is 3.66. The SMILES string of the molecule is CCOC(=O)[C@H](C[C@H]1CCCS1)NC(=O)[C@@H](N)C(C)CC. The van der Waals surface area contributed by atoms with Gasteiger partial charge in [0.25, 0.3) is 0 Å². The number of amides is 1. The van der Waals surface area contributed by atoms with E-state index in [4.69, 9.17) is 10.5 Å². The molecule has 0 aliphatic carbocycles. The van der Waals surface area contributed by atoms with E-state index in [-0.39, 0.29) is 17.8 Å². The van der Waals surface area contributed by atoms with Crippen LogP contribution in [0, 0.1) is 5.92 Å². The number of carbonyl (C=O) groups excluding carboxylic acids is 2. The molecule has 4 atom stereocenters. The van der Waals surface area contributed by atoms with Crippen molar-refractivity contribution in [1.29, 1.82) is 0 Å². The predicted octanol–water partition coefficient (Wildman–Crippen LogP) is 1.69. The van der Waals surface area contributed by atoms with Gasteiger partial charge >= 0.3 is 5.97 Å². The Balaban J connectivity index is 2.62. The van der Waals surface area contributed by atoms with Crippen LogP contribution < -0.4 is 11.1 Å². The molecule has 122 valence electrons. The maximum Gasteiger partial charge on any atom is 0.328 e. The molecule has 0 saturated carbocycles. The van der Waals surface area contributed by atoms with Crippen LogP contribution in [0.1, 0.15) is 46.5 Å². The Labute approximate surface area is 131 Å². The Bertz CT molecular complexity index is 346. The second-order valence-electron chi connectivity index (χ2n) is 5.60. The van der Waals surface area contributed by atoms with Gasteiger partial charge in [-0.25, -0.2) is 4.79 Å². The quantitative estimate of drug-likeness (QED) is 0.666. The summed E-state index contributed by atoms with van der Waals surface area (Å²) in [6, 6.07) is -1.16. The first-order valence-electron chi connectivity index (χ1n) is 7.83. The predicted molar refractivity (Wildman–Crippen MR) is 86.1 cm³/mol. The molecule has 1 fully saturated rings. The van der Waals surface area contributed by atoms with E-state index in [0.29, 0.717) is 18.3 Å². The normalized spacial score (nSPS) is 22.4. The van der Waals surface area contributed by atoms with Gasteiger partial charge in [0.2, 0.25) is 5.91 Å². The molecule has 1 aliphatic rings. The van der Waals surface area contributed by atoms with Crippen LogP contribution in [0.5, 0.6) is 0 Å². The number of rotatable bonds is 8. The van der Waals surface area contributed by atoms with Crippen molar-refractivity contribution in [2.45, 2.75) is 63.8 Å². The highest BCUT2D eigenvalue weighted by Gasteiger charge is 2.30. The summed E-state index contributed by atoms with van der Waals surface area (Å²) in [4.78, 5) is 24.2. The van der Waals surface area contributed by atoms with E-state index < -0.39 is 12.1 Å². The van der Waals surface area contributed by atoms with Crippen molar-refractivity contribution in [2.24, 2.45) is 11.7 Å². The van der Waals surface area contributed by atoms with Crippen LogP contribution in [-0.2, 0) is 14.3 Å². The molecule has 1 unspecified atom stereocenters. The van der Waals surface area contributed by atoms with Gasteiger partial charge in [0.1, 0.15) is 6.04 Å². The molecular formula is C15H28N2O3S. The molecule has 0 aromatic heterocycles. The van der Waals surface area contributed by atoms with Gasteiger partial charge < -0.3 is 15.8 Å². The number of carbonyl (C=O) groups is 2. The molecule has 0 bridgehead atoms. The zero-order chi connectivity index (χ0) is 15.8. The van der Waals surface area contributed by atoms with E-state index in [1.165, 1.54) is 6.42 Å². The van der Waals surface area contributed by atoms with Crippen LogP contribution in [0.3, 0.4) is 0 Å². The minimum absolute atomic E-state index is 0.0914. The highest BCUT2D eigenvalue weighted by atomic mass is 32.2. The van der Waals surface area contributed by atoms with Gasteiger partial charge in [0.15, 0.2) is 0 Å². The van der Waals surface area contributed by atoms with Gasteiger partial charge in [-0.2, -0.15) is 11.8 Å². The molecule has 1 rings (SSSR count). The van der Waals surface area contributed by atoms with E-state index in [0.717, 1.165) is 18.6 Å². The summed E-state index contributed by atoms with van der Waals surface area (Å²) in [6.07, 6.45) is 3.72. The van der Waals surface area contributed by atoms with Crippen LogP contribution in [0.2, 0.25) is 0 Å². The number of nitrogens with one attached hydrogen (secondary N) is 1. The number of ether oxygens (including phenoxy) is 1. The monoisotopic (exact) mass is 316 g/mol. The summed E-state index contributed by atoms with van der Waals surface area (Å²) >= 11 is 1.86. The minimum atomic E-state index is -0.580. The number of hydrogen-bond donors (Lipinski definition) is 2. The van der Waals surface area contributed by atoms with E-state index in [2.05, 4.69) is 5.32 Å². The first kappa shape index (κ1) is 18.3. The van der Waals surface area contributed by atoms with Crippen LogP contribution in [0.4, 0.5) is 0 Å². The minimum Gasteiger partial charge on any atom is -0.464 e. The molecule has 1 heterocycles. The third-order valence-electron chi connectivity index (χ3n) is 3.97. The van der Waals surface area contributed by atoms with Gasteiger partial charge in [0, 0.05) is 5.25 Å². The first-order chi connectivity index (χ1) is 9.99. The maximum atomic E-state index is 12.2. The second kappa shape index (κ2) is 9.30. The van der Waals surface area contributed by atoms with Crippen molar-refractivity contribution >= 4 is 23.6 Å². The van der Waals surface area contributed by atoms with E-state index in [9.17, 15) is 9.59 Å². The molecule has 1 aliphatic heterocycles. The summed E-state index contributed by atoms with van der Waals surface area (Å²) in [7, 11) is 0. The smallest absolute Gasteiger partial charge is 0.328 e. The summed E-state index contributed by atoms with van der Waals surface area (Å²) in [5, 5.41) is 3.21. The molecule has 0 aromatic rings. The number of esters is 1. The van der Waals surface area contributed by atoms with Crippen molar-refractivity contribution in [3.63, 3.8) is 0 Å². The molecule has 21 heavy (non-hydrogen) atoms. The summed E-state index contributed by atoms with van der Waals surface area (Å²) in [5.41, 5.74) is 5.93. The van der Waals surface area contributed by atoms with E-state index in [1.54, 1.807) is 6.92 Å². The Morgan fingerprint density at radius 2 is 2.14 bits per heavy atom. The molecule has 1 saturated heterocycles. The van der Waals surface area contributed by atoms with Gasteiger partial charge in [-0.3, -0.25) is 4.79 Å². The second-order valence-corrected chi connectivity index (χ2v) is 7.00. The van der Waals surface area contributed by atoms with E-state index in [1.807, 2.05) is 25.6 Å². The lowest BCUT2D eigenvalue weighted by Gasteiger charge is -2.24. The van der Waals surface area contributed by atoms with Crippen LogP contribution in [0.25, 0.3) is 0 Å². The zero-order valence-electron chi connectivity index (χ0n) is 13.3. The van der Waals surface area contributed by atoms with Crippen LogP contribution in [0.15, 0.2) is 0 Å². The average Bonchev–Trinajstić information content (AvgIpc) is 2.98. The molecule has 1 amide bonds. The lowest BCUT2D eigenvalue weighted by Crippen LogP contribution is -2.51. The van der Waals surface area contributed by atoms with Crippen molar-refractivity contribution in [3.8, 4) is 0 Å². The standard InChI is InChI=1S/C15H28N2O3S/c1-4-10(3)13(16)14(18)17-12(15(19)20-5-2)9-11-7-6-8-21-11/h10-13H,4-9,16H2,1-3H3,(H,17,18)/t10?,11-,12+,13+/m1/s1. The lowest BCUT2D eigenvalue weighted by atomic mass is 9.98. The highest BCUT2D eigenvalue weighted by molar-refractivity contribution is 8.00. The van der Waals surface area contributed by atoms with Gasteiger partial charge in [-0.15, -0.1) is 0 Å². The summed E-state index contributed by atoms with van der Waals surface area (Å²) in [5.74, 6) is 0.606. The topological polar surface area (TPSA) is 81.4 Å². The number of nitrogens with two attached hydrogens (primary N) is 1. The lowest BCUT2D eigenvalue weighted by molar-refractivity contribution is -0.147. The molecule has 6 heteroatoms. The van der Waals surface area contributed by atoms with Crippen molar-refractivity contribution < 1.29 is 14.3 Å². The Morgan fingerprint density at radius 3 is 2.67 bits per heavy atom. The zero-order valence-corrected chi connectivity index (χ0v) is 14.1. The molecule has 5 nitrogen and oxygen atoms in total. The Kier molecular flexibility index (Phi) is 8.11. The highest BCUT2D eigenvalue weighted by Crippen LogP contribution is 2.29. The van der Waals surface area contributed by atoms with E-state index >= 15 is 0 Å². The van der Waals surface area contributed by atoms with Gasteiger partial charge in [0.05, 0.1) is 12.6 Å². The third-order valence-corrected chi connectivity index (χ3v) is 5.39. The fraction of sp³-hybridized carbons (Fsp3) is 0.867. The fourth-order valence-electron chi connectivity index (χ4n) is 2.33. The van der Waals surface area contributed by atoms with Crippen LogP contribution in [-0.4, -0.2) is 41.6 Å². The molecule has 0 radical (unpaired) electrons. The molecule has 0 spiro atoms. The van der Waals surface area contributed by atoms with Crippen molar-refractivity contribution in [1.82, 2.24) is 5.32 Å². The number of thioether (sulfide) groups is 1. The Hall–Kier alpha value is -0.750. The maximum absolute atomic E-state index is 12.2. The largest absolute Gasteiger partial charge is 0.464 e. The van der Waals surface area contributed by atoms with Crippen LogP contribution >= 0.6 is 11.8 Å². The molecule has 3 N–H and O–H groups in total. The van der Waals surface area contributed by atoms with Gasteiger partial charge in [-0.05, 0) is 37.9 Å². The third kappa shape index (κ3) is 5.87. The molecular weight excluding hydrogens is 288 g/mol. The molecule has 0 aromatic carbocycles. The van der Waals surface area contributed by atoms with Crippen molar-refractivity contribution in [2.75, 3.05) is 12.4 Å². The average molecular weight is 316 g/mol. The van der Waals surface area contributed by atoms with Crippen molar-refractivity contribution in [3.05, 3.63) is 0 Å². The first-order valence-corrected chi connectivity index (χ1v) is 8.88.